The van der Waals surface area contributed by atoms with Crippen molar-refractivity contribution in [1.29, 1.82) is 0 Å². The molecule has 3 nitrogen and oxygen atoms in total. The fourth-order valence-electron chi connectivity index (χ4n) is 1.59. The number of nitrogens with zero attached hydrogens (tertiary/aromatic N) is 2. The molecular weight excluding hydrogens is 310 g/mol. The number of aromatic nitrogens is 1. The predicted octanol–water partition coefficient (Wildman–Crippen LogP) is 3.26. The minimum atomic E-state index is 0.860. The minimum Gasteiger partial charge on any atom is -0.363 e. The van der Waals surface area contributed by atoms with Crippen LogP contribution in [-0.2, 0) is 13.1 Å². The van der Waals surface area contributed by atoms with E-state index in [0.29, 0.717) is 0 Å². The van der Waals surface area contributed by atoms with Gasteiger partial charge in [0.15, 0.2) is 0 Å². The van der Waals surface area contributed by atoms with Crippen LogP contribution in [0, 0.1) is 0 Å². The zero-order chi connectivity index (χ0) is 13.0. The second kappa shape index (κ2) is 6.31. The third kappa shape index (κ3) is 3.80. The van der Waals surface area contributed by atoms with Crippen molar-refractivity contribution in [3.05, 3.63) is 44.7 Å². The van der Waals surface area contributed by atoms with Crippen LogP contribution in [0.1, 0.15) is 10.4 Å². The molecule has 0 fully saturated rings. The van der Waals surface area contributed by atoms with E-state index in [2.05, 4.69) is 44.4 Å². The van der Waals surface area contributed by atoms with Crippen molar-refractivity contribution in [2.45, 2.75) is 13.1 Å². The molecule has 0 radical (unpaired) electrons. The van der Waals surface area contributed by atoms with Gasteiger partial charge in [-0.2, -0.15) is 0 Å². The zero-order valence-electron chi connectivity index (χ0n) is 10.5. The van der Waals surface area contributed by atoms with Gasteiger partial charge in [-0.15, -0.1) is 11.3 Å². The SMILES string of the molecule is CN(C)c1cc(CNCc2ccc(Br)s2)ccn1. The summed E-state index contributed by atoms with van der Waals surface area (Å²) >= 11 is 5.24. The van der Waals surface area contributed by atoms with Gasteiger partial charge in [0.2, 0.25) is 0 Å². The van der Waals surface area contributed by atoms with Gasteiger partial charge in [-0.3, -0.25) is 0 Å². The van der Waals surface area contributed by atoms with Gasteiger partial charge in [0, 0.05) is 38.3 Å². The average Bonchev–Trinajstić information content (AvgIpc) is 2.75. The summed E-state index contributed by atoms with van der Waals surface area (Å²) in [6.45, 7) is 1.76. The molecule has 96 valence electrons. The lowest BCUT2D eigenvalue weighted by atomic mass is 10.2. The van der Waals surface area contributed by atoms with Crippen LogP contribution in [0.3, 0.4) is 0 Å². The van der Waals surface area contributed by atoms with E-state index in [1.807, 2.05) is 31.3 Å². The zero-order valence-corrected chi connectivity index (χ0v) is 12.9. The van der Waals surface area contributed by atoms with Crippen molar-refractivity contribution in [3.63, 3.8) is 0 Å². The van der Waals surface area contributed by atoms with Crippen LogP contribution < -0.4 is 10.2 Å². The summed E-state index contributed by atoms with van der Waals surface area (Å²) in [7, 11) is 4.01. The first-order valence-electron chi connectivity index (χ1n) is 5.72. The van der Waals surface area contributed by atoms with Crippen LogP contribution in [0.25, 0.3) is 0 Å². The molecule has 0 aliphatic rings. The number of halogens is 1. The van der Waals surface area contributed by atoms with Crippen LogP contribution >= 0.6 is 27.3 Å². The highest BCUT2D eigenvalue weighted by Crippen LogP contribution is 2.21. The van der Waals surface area contributed by atoms with Crippen molar-refractivity contribution in [1.82, 2.24) is 10.3 Å². The summed E-state index contributed by atoms with van der Waals surface area (Å²) in [4.78, 5) is 7.65. The van der Waals surface area contributed by atoms with Crippen molar-refractivity contribution >= 4 is 33.1 Å². The van der Waals surface area contributed by atoms with Crippen LogP contribution in [-0.4, -0.2) is 19.1 Å². The lowest BCUT2D eigenvalue weighted by Gasteiger charge is -2.12. The van der Waals surface area contributed by atoms with E-state index in [-0.39, 0.29) is 0 Å². The smallest absolute Gasteiger partial charge is 0.128 e. The maximum Gasteiger partial charge on any atom is 0.128 e. The van der Waals surface area contributed by atoms with E-state index >= 15 is 0 Å². The van der Waals surface area contributed by atoms with Gasteiger partial charge < -0.3 is 10.2 Å². The molecule has 0 amide bonds. The number of nitrogens with one attached hydrogen (secondary N) is 1. The topological polar surface area (TPSA) is 28.2 Å². The van der Waals surface area contributed by atoms with Crippen LogP contribution in [0.5, 0.6) is 0 Å². The summed E-state index contributed by atoms with van der Waals surface area (Å²) in [5, 5.41) is 3.44. The fourth-order valence-corrected chi connectivity index (χ4v) is 3.04. The maximum atomic E-state index is 4.30. The predicted molar refractivity (Wildman–Crippen MR) is 81.1 cm³/mol. The Kier molecular flexibility index (Phi) is 4.74. The molecule has 0 bridgehead atoms. The lowest BCUT2D eigenvalue weighted by Crippen LogP contribution is -2.14. The Labute approximate surface area is 120 Å². The third-order valence-corrected chi connectivity index (χ3v) is 4.15. The van der Waals surface area contributed by atoms with Gasteiger partial charge in [-0.1, -0.05) is 0 Å². The van der Waals surface area contributed by atoms with Crippen molar-refractivity contribution < 1.29 is 0 Å². The quantitative estimate of drug-likeness (QED) is 0.914. The Morgan fingerprint density at radius 3 is 2.78 bits per heavy atom. The third-order valence-electron chi connectivity index (χ3n) is 2.53. The van der Waals surface area contributed by atoms with Crippen molar-refractivity contribution in [3.8, 4) is 0 Å². The van der Waals surface area contributed by atoms with Crippen LogP contribution in [0.4, 0.5) is 5.82 Å². The van der Waals surface area contributed by atoms with Gasteiger partial charge >= 0.3 is 0 Å². The molecule has 0 saturated heterocycles. The number of rotatable bonds is 5. The van der Waals surface area contributed by atoms with Crippen LogP contribution in [0.15, 0.2) is 34.2 Å². The van der Waals surface area contributed by atoms with E-state index in [1.165, 1.54) is 14.2 Å². The summed E-state index contributed by atoms with van der Waals surface area (Å²) in [6, 6.07) is 8.37. The first-order valence-corrected chi connectivity index (χ1v) is 7.33. The fraction of sp³-hybridized carbons (Fsp3) is 0.308. The molecule has 1 N–H and O–H groups in total. The summed E-state index contributed by atoms with van der Waals surface area (Å²) in [5.41, 5.74) is 1.25. The van der Waals surface area contributed by atoms with E-state index in [1.54, 1.807) is 11.3 Å². The molecule has 0 spiro atoms. The van der Waals surface area contributed by atoms with Gasteiger partial charge in [0.05, 0.1) is 3.79 Å². The molecule has 2 aromatic rings. The molecule has 0 aromatic carbocycles. The molecule has 18 heavy (non-hydrogen) atoms. The number of thiophene rings is 1. The largest absolute Gasteiger partial charge is 0.363 e. The molecule has 0 atom stereocenters. The van der Waals surface area contributed by atoms with E-state index in [9.17, 15) is 0 Å². The highest BCUT2D eigenvalue weighted by atomic mass is 79.9. The van der Waals surface area contributed by atoms with Crippen molar-refractivity contribution in [2.24, 2.45) is 0 Å². The molecule has 2 rings (SSSR count). The molecule has 0 saturated carbocycles. The monoisotopic (exact) mass is 325 g/mol. The van der Waals surface area contributed by atoms with Crippen LogP contribution in [0.2, 0.25) is 0 Å². The molecule has 0 aliphatic carbocycles. The Bertz CT molecular complexity index is 510. The molecule has 0 unspecified atom stereocenters. The normalized spacial score (nSPS) is 10.6. The van der Waals surface area contributed by atoms with E-state index < -0.39 is 0 Å². The second-order valence-corrected chi connectivity index (χ2v) is 6.77. The number of pyridine rings is 1. The molecular formula is C13H16BrN3S. The molecule has 5 heteroatoms. The Morgan fingerprint density at radius 2 is 2.11 bits per heavy atom. The highest BCUT2D eigenvalue weighted by Gasteiger charge is 2.00. The number of hydrogen-bond donors (Lipinski definition) is 1. The summed E-state index contributed by atoms with van der Waals surface area (Å²) < 4.78 is 1.18. The highest BCUT2D eigenvalue weighted by molar-refractivity contribution is 9.11. The lowest BCUT2D eigenvalue weighted by molar-refractivity contribution is 0.700. The van der Waals surface area contributed by atoms with E-state index in [4.69, 9.17) is 0 Å². The minimum absolute atomic E-state index is 0.860. The Morgan fingerprint density at radius 1 is 1.28 bits per heavy atom. The Balaban J connectivity index is 1.88. The van der Waals surface area contributed by atoms with Gasteiger partial charge in [-0.25, -0.2) is 4.98 Å². The average molecular weight is 326 g/mol. The molecule has 0 aliphatic heterocycles. The van der Waals surface area contributed by atoms with E-state index in [0.717, 1.165) is 18.9 Å². The Hall–Kier alpha value is -0.910. The van der Waals surface area contributed by atoms with Gasteiger partial charge in [0.1, 0.15) is 5.82 Å². The standard InChI is InChI=1S/C13H16BrN3S/c1-17(2)13-7-10(5-6-16-13)8-15-9-11-3-4-12(14)18-11/h3-7,15H,8-9H2,1-2H3. The summed E-state index contributed by atoms with van der Waals surface area (Å²) in [6.07, 6.45) is 1.86. The second-order valence-electron chi connectivity index (χ2n) is 4.23. The van der Waals surface area contributed by atoms with Gasteiger partial charge in [0.25, 0.3) is 0 Å². The number of hydrogen-bond acceptors (Lipinski definition) is 4. The molecule has 2 heterocycles. The molecule has 2 aromatic heterocycles. The van der Waals surface area contributed by atoms with Crippen molar-refractivity contribution in [2.75, 3.05) is 19.0 Å². The van der Waals surface area contributed by atoms with Gasteiger partial charge in [-0.05, 0) is 45.8 Å². The first-order chi connectivity index (χ1) is 8.65. The first kappa shape index (κ1) is 13.5. The summed E-state index contributed by atoms with van der Waals surface area (Å²) in [5.74, 6) is 0.994. The maximum absolute atomic E-state index is 4.30. The number of anilines is 1.